The summed E-state index contributed by atoms with van der Waals surface area (Å²) in [6.07, 6.45) is 0. The third-order valence-electron chi connectivity index (χ3n) is 5.37. The highest BCUT2D eigenvalue weighted by molar-refractivity contribution is 7.10. The van der Waals surface area contributed by atoms with Crippen LogP contribution in [0.4, 0.5) is 0 Å². The molecule has 1 amide bonds. The van der Waals surface area contributed by atoms with Gasteiger partial charge >= 0.3 is 0 Å². The summed E-state index contributed by atoms with van der Waals surface area (Å²) in [5.41, 5.74) is 1.22. The quantitative estimate of drug-likeness (QED) is 0.505. The van der Waals surface area contributed by atoms with Crippen LogP contribution in [-0.2, 0) is 9.53 Å². The third kappa shape index (κ3) is 5.82. The number of morpholine rings is 1. The topological polar surface area (TPSA) is 67.9 Å². The predicted molar refractivity (Wildman–Crippen MR) is 124 cm³/mol. The molecule has 32 heavy (non-hydrogen) atoms. The van der Waals surface area contributed by atoms with Crippen LogP contribution in [0, 0.1) is 0 Å². The van der Waals surface area contributed by atoms with Gasteiger partial charge in [0, 0.05) is 35.6 Å². The molecule has 3 aromatic rings. The molecule has 1 saturated heterocycles. The number of ether oxygens (including phenoxy) is 2. The number of nitrogens with one attached hydrogen (secondary N) is 1. The molecule has 1 atom stereocenters. The molecule has 1 aliphatic rings. The van der Waals surface area contributed by atoms with E-state index in [9.17, 15) is 9.59 Å². The molecule has 0 radical (unpaired) electrons. The molecule has 1 fully saturated rings. The largest absolute Gasteiger partial charge is 0.484 e. The Hall–Kier alpha value is -3.00. The number of carbonyl (C=O) groups excluding carboxylic acids is 2. The summed E-state index contributed by atoms with van der Waals surface area (Å²) in [5, 5.41) is 5.05. The van der Waals surface area contributed by atoms with E-state index in [0.717, 1.165) is 13.1 Å². The number of carbonyl (C=O) groups is 2. The number of amides is 1. The van der Waals surface area contributed by atoms with E-state index in [1.54, 1.807) is 47.7 Å². The van der Waals surface area contributed by atoms with Crippen LogP contribution in [0.25, 0.3) is 0 Å². The van der Waals surface area contributed by atoms with Crippen LogP contribution in [0.15, 0.2) is 72.1 Å². The highest BCUT2D eigenvalue weighted by Crippen LogP contribution is 2.25. The van der Waals surface area contributed by atoms with Gasteiger partial charge in [-0.25, -0.2) is 0 Å². The van der Waals surface area contributed by atoms with Crippen molar-refractivity contribution in [2.75, 3.05) is 39.5 Å². The molecule has 6 nitrogen and oxygen atoms in total. The van der Waals surface area contributed by atoms with Crippen molar-refractivity contribution in [2.45, 2.75) is 6.04 Å². The number of hydrogen-bond acceptors (Lipinski definition) is 6. The molecular weight excluding hydrogens is 424 g/mol. The summed E-state index contributed by atoms with van der Waals surface area (Å²) < 4.78 is 11.1. The first kappa shape index (κ1) is 22.2. The Morgan fingerprint density at radius 1 is 0.969 bits per heavy atom. The Balaban J connectivity index is 1.28. The van der Waals surface area contributed by atoms with E-state index in [1.807, 2.05) is 24.3 Å². The first-order valence-corrected chi connectivity index (χ1v) is 11.5. The summed E-state index contributed by atoms with van der Waals surface area (Å²) in [7, 11) is 0. The highest BCUT2D eigenvalue weighted by atomic mass is 32.1. The molecule has 0 aliphatic carbocycles. The predicted octanol–water partition coefficient (Wildman–Crippen LogP) is 3.55. The maximum atomic E-state index is 12.5. The van der Waals surface area contributed by atoms with Crippen molar-refractivity contribution in [3.8, 4) is 5.75 Å². The molecular formula is C25H26N2O4S. The summed E-state index contributed by atoms with van der Waals surface area (Å²) >= 11 is 1.70. The maximum Gasteiger partial charge on any atom is 0.258 e. The standard InChI is InChI=1S/C25H26N2O4S/c28-24(26-17-22(23-7-4-16-32-23)27-12-14-30-15-13-27)18-31-21-10-8-20(9-11-21)25(29)19-5-2-1-3-6-19/h1-11,16,22H,12-15,17-18H2,(H,26,28). The number of thiophene rings is 1. The zero-order chi connectivity index (χ0) is 22.2. The number of rotatable bonds is 9. The molecule has 0 bridgehead atoms. The SMILES string of the molecule is O=C(COc1ccc(C(=O)c2ccccc2)cc1)NCC(c1cccs1)N1CCOCC1. The summed E-state index contributed by atoms with van der Waals surface area (Å²) in [5.74, 6) is 0.328. The van der Waals surface area contributed by atoms with Gasteiger partial charge in [-0.2, -0.15) is 0 Å². The Labute approximate surface area is 191 Å². The van der Waals surface area contributed by atoms with Crippen molar-refractivity contribution in [2.24, 2.45) is 0 Å². The van der Waals surface area contributed by atoms with E-state index < -0.39 is 0 Å². The van der Waals surface area contributed by atoms with E-state index in [2.05, 4.69) is 21.7 Å². The van der Waals surface area contributed by atoms with Crippen molar-refractivity contribution in [3.63, 3.8) is 0 Å². The fraction of sp³-hybridized carbons (Fsp3) is 0.280. The van der Waals surface area contributed by atoms with E-state index >= 15 is 0 Å². The lowest BCUT2D eigenvalue weighted by atomic mass is 10.0. The van der Waals surface area contributed by atoms with Crippen molar-refractivity contribution >= 4 is 23.0 Å². The lowest BCUT2D eigenvalue weighted by molar-refractivity contribution is -0.123. The minimum atomic E-state index is -0.177. The molecule has 0 spiro atoms. The number of ketones is 1. The zero-order valence-corrected chi connectivity index (χ0v) is 18.6. The summed E-state index contributed by atoms with van der Waals surface area (Å²) in [6, 6.07) is 20.3. The molecule has 166 valence electrons. The second-order valence-corrected chi connectivity index (χ2v) is 8.47. The van der Waals surface area contributed by atoms with Gasteiger partial charge < -0.3 is 14.8 Å². The van der Waals surface area contributed by atoms with Gasteiger partial charge in [-0.05, 0) is 35.7 Å². The molecule has 0 saturated carbocycles. The molecule has 1 unspecified atom stereocenters. The van der Waals surface area contributed by atoms with E-state index in [-0.39, 0.29) is 24.3 Å². The van der Waals surface area contributed by atoms with Gasteiger partial charge in [0.15, 0.2) is 12.4 Å². The molecule has 1 aromatic heterocycles. The molecule has 1 aliphatic heterocycles. The van der Waals surface area contributed by atoms with Crippen LogP contribution in [0.2, 0.25) is 0 Å². The van der Waals surface area contributed by atoms with Gasteiger partial charge in [-0.1, -0.05) is 36.4 Å². The Morgan fingerprint density at radius 3 is 2.38 bits per heavy atom. The smallest absolute Gasteiger partial charge is 0.258 e. The molecule has 2 heterocycles. The number of benzene rings is 2. The molecule has 4 rings (SSSR count). The van der Waals surface area contributed by atoms with E-state index in [1.165, 1.54) is 4.88 Å². The Morgan fingerprint density at radius 2 is 1.69 bits per heavy atom. The van der Waals surface area contributed by atoms with Crippen LogP contribution in [0.1, 0.15) is 26.8 Å². The van der Waals surface area contributed by atoms with Crippen LogP contribution in [0.5, 0.6) is 5.75 Å². The molecule has 1 N–H and O–H groups in total. The van der Waals surface area contributed by atoms with Crippen molar-refractivity contribution in [1.82, 2.24) is 10.2 Å². The van der Waals surface area contributed by atoms with Crippen molar-refractivity contribution in [3.05, 3.63) is 88.1 Å². The van der Waals surface area contributed by atoms with Crippen LogP contribution < -0.4 is 10.1 Å². The average molecular weight is 451 g/mol. The third-order valence-corrected chi connectivity index (χ3v) is 6.35. The second kappa shape index (κ2) is 11.0. The van der Waals surface area contributed by atoms with Gasteiger partial charge in [-0.15, -0.1) is 11.3 Å². The molecule has 7 heteroatoms. The number of nitrogens with zero attached hydrogens (tertiary/aromatic N) is 1. The normalized spacial score (nSPS) is 15.1. The summed E-state index contributed by atoms with van der Waals surface area (Å²) in [4.78, 5) is 28.5. The fourth-order valence-corrected chi connectivity index (χ4v) is 4.51. The van der Waals surface area contributed by atoms with Crippen LogP contribution >= 0.6 is 11.3 Å². The monoisotopic (exact) mass is 450 g/mol. The first-order chi connectivity index (χ1) is 15.7. The lowest BCUT2D eigenvalue weighted by Crippen LogP contribution is -2.44. The lowest BCUT2D eigenvalue weighted by Gasteiger charge is -2.34. The average Bonchev–Trinajstić information content (AvgIpc) is 3.39. The zero-order valence-electron chi connectivity index (χ0n) is 17.7. The van der Waals surface area contributed by atoms with Crippen molar-refractivity contribution < 1.29 is 19.1 Å². The van der Waals surface area contributed by atoms with E-state index in [0.29, 0.717) is 36.6 Å². The minimum absolute atomic E-state index is 0.0439. The highest BCUT2D eigenvalue weighted by Gasteiger charge is 2.24. The first-order valence-electron chi connectivity index (χ1n) is 10.7. The van der Waals surface area contributed by atoms with Crippen LogP contribution in [0.3, 0.4) is 0 Å². The van der Waals surface area contributed by atoms with E-state index in [4.69, 9.17) is 9.47 Å². The number of hydrogen-bond donors (Lipinski definition) is 1. The summed E-state index contributed by atoms with van der Waals surface area (Å²) in [6.45, 7) is 3.56. The Kier molecular flexibility index (Phi) is 7.66. The van der Waals surface area contributed by atoms with Gasteiger partial charge in [-0.3, -0.25) is 14.5 Å². The van der Waals surface area contributed by atoms with Crippen molar-refractivity contribution in [1.29, 1.82) is 0 Å². The fourth-order valence-electron chi connectivity index (χ4n) is 3.65. The van der Waals surface area contributed by atoms with Gasteiger partial charge in [0.25, 0.3) is 5.91 Å². The van der Waals surface area contributed by atoms with Gasteiger partial charge in [0.1, 0.15) is 5.75 Å². The second-order valence-electron chi connectivity index (χ2n) is 7.49. The van der Waals surface area contributed by atoms with Gasteiger partial charge in [0.2, 0.25) is 0 Å². The maximum absolute atomic E-state index is 12.5. The Bertz CT molecular complexity index is 1000. The van der Waals surface area contributed by atoms with Crippen LogP contribution in [-0.4, -0.2) is 56.0 Å². The molecule has 2 aromatic carbocycles. The van der Waals surface area contributed by atoms with Gasteiger partial charge in [0.05, 0.1) is 19.3 Å². The minimum Gasteiger partial charge on any atom is -0.484 e.